The molecule has 0 saturated heterocycles. The van der Waals surface area contributed by atoms with Crippen LogP contribution in [0.2, 0.25) is 10.0 Å². The summed E-state index contributed by atoms with van der Waals surface area (Å²) in [6.07, 6.45) is 0. The lowest BCUT2D eigenvalue weighted by molar-refractivity contribution is 0.0980. The van der Waals surface area contributed by atoms with Gasteiger partial charge in [0.25, 0.3) is 0 Å². The standard InChI is InChI=1S/C20H12Cl2N2O3/c21-9-2-1-3-11(6-9)27-15-8-14(23)16-17(18(15)24)19(25)12-5-4-10(22)7-13(12)20(16)26/h1-8H,23-24H2. The van der Waals surface area contributed by atoms with E-state index in [1.54, 1.807) is 30.3 Å². The molecule has 0 radical (unpaired) electrons. The minimum absolute atomic E-state index is 0.0341. The van der Waals surface area contributed by atoms with E-state index in [2.05, 4.69) is 0 Å². The second-order valence-electron chi connectivity index (χ2n) is 6.04. The summed E-state index contributed by atoms with van der Waals surface area (Å²) in [4.78, 5) is 25.9. The Morgan fingerprint density at radius 1 is 0.778 bits per heavy atom. The number of hydrogen-bond donors (Lipinski definition) is 2. The molecule has 0 heterocycles. The van der Waals surface area contributed by atoms with Crippen LogP contribution in [0.15, 0.2) is 48.5 Å². The van der Waals surface area contributed by atoms with Gasteiger partial charge in [-0.15, -0.1) is 0 Å². The second kappa shape index (κ2) is 6.30. The minimum atomic E-state index is -0.406. The first-order valence-electron chi connectivity index (χ1n) is 7.91. The Kier molecular flexibility index (Phi) is 4.06. The van der Waals surface area contributed by atoms with Crippen molar-refractivity contribution in [3.05, 3.63) is 80.8 Å². The monoisotopic (exact) mass is 398 g/mol. The van der Waals surface area contributed by atoms with E-state index in [9.17, 15) is 9.59 Å². The SMILES string of the molecule is Nc1cc(Oc2cccc(Cl)c2)c(N)c2c1C(=O)c1cc(Cl)ccc1C2=O. The molecule has 0 spiro atoms. The van der Waals surface area contributed by atoms with Gasteiger partial charge in [-0.2, -0.15) is 0 Å². The number of carbonyl (C=O) groups excluding carboxylic acids is 2. The zero-order chi connectivity index (χ0) is 19.3. The van der Waals surface area contributed by atoms with Gasteiger partial charge in [0.2, 0.25) is 0 Å². The molecule has 5 nitrogen and oxygen atoms in total. The predicted octanol–water partition coefficient (Wildman–Crippen LogP) is 4.73. The Bertz CT molecular complexity index is 1140. The van der Waals surface area contributed by atoms with Crippen LogP contribution in [-0.4, -0.2) is 11.6 Å². The highest BCUT2D eigenvalue weighted by Gasteiger charge is 2.34. The number of anilines is 2. The summed E-state index contributed by atoms with van der Waals surface area (Å²) < 4.78 is 5.75. The summed E-state index contributed by atoms with van der Waals surface area (Å²) in [5, 5.41) is 0.833. The van der Waals surface area contributed by atoms with Crippen molar-refractivity contribution in [1.82, 2.24) is 0 Å². The van der Waals surface area contributed by atoms with E-state index in [1.807, 2.05) is 0 Å². The topological polar surface area (TPSA) is 95.4 Å². The zero-order valence-corrected chi connectivity index (χ0v) is 15.3. The number of fused-ring (bicyclic) bond motifs is 2. The fraction of sp³-hybridized carbons (Fsp3) is 0. The third-order valence-corrected chi connectivity index (χ3v) is 4.78. The summed E-state index contributed by atoms with van der Waals surface area (Å²) in [5.41, 5.74) is 12.9. The Morgan fingerprint density at radius 2 is 1.48 bits per heavy atom. The average molecular weight is 399 g/mol. The van der Waals surface area contributed by atoms with Gasteiger partial charge in [0.05, 0.1) is 16.8 Å². The molecule has 3 aromatic rings. The molecule has 3 aromatic carbocycles. The van der Waals surface area contributed by atoms with Crippen LogP contribution in [-0.2, 0) is 0 Å². The number of halogens is 2. The maximum Gasteiger partial charge on any atom is 0.196 e. The van der Waals surface area contributed by atoms with Gasteiger partial charge in [-0.05, 0) is 36.4 Å². The fourth-order valence-corrected chi connectivity index (χ4v) is 3.44. The third-order valence-electron chi connectivity index (χ3n) is 4.31. The summed E-state index contributed by atoms with van der Waals surface area (Å²) in [6.45, 7) is 0. The van der Waals surface area contributed by atoms with E-state index < -0.39 is 11.6 Å². The van der Waals surface area contributed by atoms with Crippen molar-refractivity contribution < 1.29 is 14.3 Å². The molecule has 0 unspecified atom stereocenters. The molecule has 0 fully saturated rings. The summed E-state index contributed by atoms with van der Waals surface area (Å²) in [7, 11) is 0. The highest BCUT2D eigenvalue weighted by Crippen LogP contribution is 2.41. The Labute approximate surface area is 164 Å². The molecule has 0 bridgehead atoms. The van der Waals surface area contributed by atoms with Gasteiger partial charge in [0.15, 0.2) is 17.3 Å². The average Bonchev–Trinajstić information content (AvgIpc) is 2.62. The van der Waals surface area contributed by atoms with Crippen molar-refractivity contribution in [2.24, 2.45) is 0 Å². The quantitative estimate of drug-likeness (QED) is 0.476. The van der Waals surface area contributed by atoms with E-state index in [-0.39, 0.29) is 39.4 Å². The Balaban J connectivity index is 1.88. The first-order chi connectivity index (χ1) is 12.9. The molecule has 4 N–H and O–H groups in total. The van der Waals surface area contributed by atoms with E-state index in [1.165, 1.54) is 18.2 Å². The van der Waals surface area contributed by atoms with Crippen LogP contribution in [0.25, 0.3) is 0 Å². The highest BCUT2D eigenvalue weighted by molar-refractivity contribution is 6.35. The molecule has 0 aromatic heterocycles. The number of ketones is 2. The van der Waals surface area contributed by atoms with Crippen molar-refractivity contribution >= 4 is 46.1 Å². The number of ether oxygens (including phenoxy) is 1. The molecular weight excluding hydrogens is 387 g/mol. The first kappa shape index (κ1) is 17.4. The predicted molar refractivity (Wildman–Crippen MR) is 105 cm³/mol. The molecule has 27 heavy (non-hydrogen) atoms. The van der Waals surface area contributed by atoms with Gasteiger partial charge in [0.1, 0.15) is 5.75 Å². The number of nitrogens with two attached hydrogens (primary N) is 2. The van der Waals surface area contributed by atoms with Crippen LogP contribution < -0.4 is 16.2 Å². The van der Waals surface area contributed by atoms with E-state index >= 15 is 0 Å². The van der Waals surface area contributed by atoms with Crippen molar-refractivity contribution in [2.45, 2.75) is 0 Å². The zero-order valence-electron chi connectivity index (χ0n) is 13.8. The maximum absolute atomic E-state index is 13.0. The summed E-state index contributed by atoms with van der Waals surface area (Å²) in [6, 6.07) is 12.6. The molecule has 0 aliphatic heterocycles. The molecule has 0 atom stereocenters. The van der Waals surface area contributed by atoms with E-state index in [0.29, 0.717) is 15.8 Å². The van der Waals surface area contributed by atoms with E-state index in [0.717, 1.165) is 0 Å². The van der Waals surface area contributed by atoms with Crippen LogP contribution in [0.4, 0.5) is 11.4 Å². The largest absolute Gasteiger partial charge is 0.455 e. The summed E-state index contributed by atoms with van der Waals surface area (Å²) >= 11 is 11.9. The van der Waals surface area contributed by atoms with Gasteiger partial charge in [-0.1, -0.05) is 29.3 Å². The van der Waals surface area contributed by atoms with Crippen LogP contribution in [0.1, 0.15) is 31.8 Å². The van der Waals surface area contributed by atoms with E-state index in [4.69, 9.17) is 39.4 Å². The number of rotatable bonds is 2. The highest BCUT2D eigenvalue weighted by atomic mass is 35.5. The molecule has 134 valence electrons. The van der Waals surface area contributed by atoms with Crippen LogP contribution in [0, 0.1) is 0 Å². The Morgan fingerprint density at radius 3 is 2.22 bits per heavy atom. The maximum atomic E-state index is 13.0. The number of benzene rings is 3. The first-order valence-corrected chi connectivity index (χ1v) is 8.66. The lowest BCUT2D eigenvalue weighted by atomic mass is 9.82. The third kappa shape index (κ3) is 2.81. The molecule has 1 aliphatic rings. The minimum Gasteiger partial charge on any atom is -0.455 e. The second-order valence-corrected chi connectivity index (χ2v) is 6.91. The van der Waals surface area contributed by atoms with Gasteiger partial charge in [-0.3, -0.25) is 9.59 Å². The smallest absolute Gasteiger partial charge is 0.196 e. The van der Waals surface area contributed by atoms with Gasteiger partial charge >= 0.3 is 0 Å². The molecule has 1 aliphatic carbocycles. The van der Waals surface area contributed by atoms with Gasteiger partial charge in [-0.25, -0.2) is 0 Å². The van der Waals surface area contributed by atoms with Crippen molar-refractivity contribution in [3.63, 3.8) is 0 Å². The normalized spacial score (nSPS) is 12.5. The fourth-order valence-electron chi connectivity index (χ4n) is 3.09. The lowest BCUT2D eigenvalue weighted by Crippen LogP contribution is -2.24. The van der Waals surface area contributed by atoms with Gasteiger partial charge < -0.3 is 16.2 Å². The number of hydrogen-bond acceptors (Lipinski definition) is 5. The number of carbonyl (C=O) groups is 2. The van der Waals surface area contributed by atoms with Crippen LogP contribution in [0.3, 0.4) is 0 Å². The van der Waals surface area contributed by atoms with Crippen LogP contribution in [0.5, 0.6) is 11.5 Å². The van der Waals surface area contributed by atoms with Crippen LogP contribution >= 0.6 is 23.2 Å². The summed E-state index contributed by atoms with van der Waals surface area (Å²) in [5.74, 6) is -0.208. The molecule has 0 saturated carbocycles. The molecular formula is C20H12Cl2N2O3. The van der Waals surface area contributed by atoms with Crippen molar-refractivity contribution in [2.75, 3.05) is 11.5 Å². The lowest BCUT2D eigenvalue weighted by Gasteiger charge is -2.22. The molecule has 4 rings (SSSR count). The number of nitrogen functional groups attached to an aromatic ring is 2. The van der Waals surface area contributed by atoms with Crippen molar-refractivity contribution in [1.29, 1.82) is 0 Å². The van der Waals surface area contributed by atoms with Gasteiger partial charge in [0, 0.05) is 32.9 Å². The Hall–Kier alpha value is -3.02. The molecule has 7 heteroatoms. The van der Waals surface area contributed by atoms with Crippen molar-refractivity contribution in [3.8, 4) is 11.5 Å². The molecule has 0 amide bonds.